The lowest BCUT2D eigenvalue weighted by Crippen LogP contribution is -2.15. The standard InChI is InChI=1S/C24H21ClFN3/c1-16(28-8-7-20-14-29-24-6-5-21(25)12-23(20)24)19-4-2-3-17(10-19)9-18-11-22(26)15-27-13-18/h2-6,10-15,28-29H,1,7-9H2. The maximum atomic E-state index is 13.4. The molecule has 0 aliphatic heterocycles. The molecule has 0 aliphatic carbocycles. The van der Waals surface area contributed by atoms with Crippen LogP contribution >= 0.6 is 11.6 Å². The molecule has 4 aromatic rings. The first-order valence-electron chi connectivity index (χ1n) is 9.45. The van der Waals surface area contributed by atoms with Gasteiger partial charge >= 0.3 is 0 Å². The number of aromatic amines is 1. The zero-order chi connectivity index (χ0) is 20.2. The van der Waals surface area contributed by atoms with Crippen molar-refractivity contribution in [2.45, 2.75) is 12.8 Å². The number of nitrogens with zero attached hydrogens (tertiary/aromatic N) is 1. The average Bonchev–Trinajstić information content (AvgIpc) is 3.10. The third-order valence-corrected chi connectivity index (χ3v) is 5.14. The summed E-state index contributed by atoms with van der Waals surface area (Å²) in [5, 5.41) is 5.29. The Kier molecular flexibility index (Phi) is 5.63. The fraction of sp³-hybridized carbons (Fsp3) is 0.125. The molecule has 29 heavy (non-hydrogen) atoms. The zero-order valence-electron chi connectivity index (χ0n) is 15.9. The van der Waals surface area contributed by atoms with E-state index in [4.69, 9.17) is 11.6 Å². The van der Waals surface area contributed by atoms with Gasteiger partial charge in [0, 0.05) is 40.6 Å². The smallest absolute Gasteiger partial charge is 0.141 e. The molecular formula is C24H21ClFN3. The molecule has 0 atom stereocenters. The van der Waals surface area contributed by atoms with Crippen LogP contribution in [0.5, 0.6) is 0 Å². The van der Waals surface area contributed by atoms with E-state index in [-0.39, 0.29) is 5.82 Å². The molecule has 3 nitrogen and oxygen atoms in total. The van der Waals surface area contributed by atoms with Crippen LogP contribution in [0.1, 0.15) is 22.3 Å². The summed E-state index contributed by atoms with van der Waals surface area (Å²) in [7, 11) is 0. The maximum absolute atomic E-state index is 13.4. The van der Waals surface area contributed by atoms with Crippen molar-refractivity contribution in [3.63, 3.8) is 0 Å². The number of nitrogens with one attached hydrogen (secondary N) is 2. The fourth-order valence-corrected chi connectivity index (χ4v) is 3.64. The lowest BCUT2D eigenvalue weighted by Gasteiger charge is -2.11. The molecule has 0 bridgehead atoms. The van der Waals surface area contributed by atoms with Crippen molar-refractivity contribution in [2.75, 3.05) is 6.54 Å². The Balaban J connectivity index is 1.39. The minimum Gasteiger partial charge on any atom is -0.385 e. The summed E-state index contributed by atoms with van der Waals surface area (Å²) < 4.78 is 13.4. The summed E-state index contributed by atoms with van der Waals surface area (Å²) >= 11 is 6.13. The van der Waals surface area contributed by atoms with Gasteiger partial charge < -0.3 is 10.3 Å². The van der Waals surface area contributed by atoms with Gasteiger partial charge in [-0.15, -0.1) is 0 Å². The largest absolute Gasteiger partial charge is 0.385 e. The Morgan fingerprint density at radius 3 is 2.86 bits per heavy atom. The number of rotatable bonds is 7. The summed E-state index contributed by atoms with van der Waals surface area (Å²) in [6.45, 7) is 4.93. The Bertz CT molecular complexity index is 1170. The van der Waals surface area contributed by atoms with Gasteiger partial charge in [0.1, 0.15) is 5.82 Å². The van der Waals surface area contributed by atoms with Gasteiger partial charge in [-0.3, -0.25) is 4.98 Å². The SMILES string of the molecule is C=C(NCCc1c[nH]c2ccc(Cl)cc12)c1cccc(Cc2cncc(F)c2)c1. The quantitative estimate of drug-likeness (QED) is 0.411. The van der Waals surface area contributed by atoms with Gasteiger partial charge in [-0.2, -0.15) is 0 Å². The number of aromatic nitrogens is 2. The molecule has 2 heterocycles. The van der Waals surface area contributed by atoms with E-state index < -0.39 is 0 Å². The minimum atomic E-state index is -0.316. The van der Waals surface area contributed by atoms with E-state index in [0.717, 1.165) is 51.3 Å². The van der Waals surface area contributed by atoms with E-state index in [0.29, 0.717) is 6.42 Å². The number of H-pyrrole nitrogens is 1. The van der Waals surface area contributed by atoms with Crippen LogP contribution in [0, 0.1) is 5.82 Å². The first-order valence-corrected chi connectivity index (χ1v) is 9.83. The van der Waals surface area contributed by atoms with Crippen molar-refractivity contribution in [3.05, 3.63) is 107 Å². The number of halogens is 2. The predicted octanol–water partition coefficient (Wildman–Crippen LogP) is 5.75. The van der Waals surface area contributed by atoms with Crippen molar-refractivity contribution in [1.82, 2.24) is 15.3 Å². The lowest BCUT2D eigenvalue weighted by atomic mass is 10.0. The highest BCUT2D eigenvalue weighted by molar-refractivity contribution is 6.31. The third-order valence-electron chi connectivity index (χ3n) is 4.91. The van der Waals surface area contributed by atoms with Crippen molar-refractivity contribution < 1.29 is 4.39 Å². The minimum absolute atomic E-state index is 0.316. The van der Waals surface area contributed by atoms with E-state index in [1.165, 1.54) is 17.8 Å². The molecule has 146 valence electrons. The van der Waals surface area contributed by atoms with Gasteiger partial charge in [-0.25, -0.2) is 4.39 Å². The van der Waals surface area contributed by atoms with Crippen LogP contribution in [0.2, 0.25) is 5.02 Å². The first kappa shape index (κ1) is 19.2. The second-order valence-corrected chi connectivity index (χ2v) is 7.48. The number of fused-ring (bicyclic) bond motifs is 1. The molecule has 2 N–H and O–H groups in total. The normalized spacial score (nSPS) is 11.0. The van der Waals surface area contributed by atoms with Gasteiger partial charge in [-0.05, 0) is 65.4 Å². The second-order valence-electron chi connectivity index (χ2n) is 7.05. The van der Waals surface area contributed by atoms with E-state index >= 15 is 0 Å². The van der Waals surface area contributed by atoms with Crippen LogP contribution in [0.3, 0.4) is 0 Å². The van der Waals surface area contributed by atoms with E-state index in [1.807, 2.05) is 42.6 Å². The molecule has 2 aromatic carbocycles. The van der Waals surface area contributed by atoms with Crippen molar-refractivity contribution in [2.24, 2.45) is 0 Å². The van der Waals surface area contributed by atoms with Crippen molar-refractivity contribution in [3.8, 4) is 0 Å². The van der Waals surface area contributed by atoms with E-state index in [2.05, 4.69) is 27.9 Å². The number of pyridine rings is 1. The van der Waals surface area contributed by atoms with Crippen LogP contribution in [0.15, 0.2) is 73.7 Å². The van der Waals surface area contributed by atoms with Gasteiger partial charge in [0.05, 0.1) is 6.20 Å². The highest BCUT2D eigenvalue weighted by Crippen LogP contribution is 2.23. The fourth-order valence-electron chi connectivity index (χ4n) is 3.46. The summed E-state index contributed by atoms with van der Waals surface area (Å²) in [4.78, 5) is 7.19. The molecule has 2 aromatic heterocycles. The molecule has 5 heteroatoms. The topological polar surface area (TPSA) is 40.7 Å². The zero-order valence-corrected chi connectivity index (χ0v) is 16.6. The molecule has 4 rings (SSSR count). The number of hydrogen-bond acceptors (Lipinski definition) is 2. The molecule has 0 amide bonds. The molecule has 0 fully saturated rings. The Hall–Kier alpha value is -3.11. The summed E-state index contributed by atoms with van der Waals surface area (Å²) in [6.07, 6.45) is 6.42. The van der Waals surface area contributed by atoms with Crippen LogP contribution in [-0.4, -0.2) is 16.5 Å². The van der Waals surface area contributed by atoms with E-state index in [1.54, 1.807) is 6.20 Å². The molecule has 0 unspecified atom stereocenters. The molecule has 0 spiro atoms. The van der Waals surface area contributed by atoms with Crippen LogP contribution in [0.4, 0.5) is 4.39 Å². The molecule has 0 saturated carbocycles. The Morgan fingerprint density at radius 1 is 1.10 bits per heavy atom. The summed E-state index contributed by atoms with van der Waals surface area (Å²) in [5.74, 6) is -0.316. The Labute approximate surface area is 174 Å². The number of benzene rings is 2. The highest BCUT2D eigenvalue weighted by atomic mass is 35.5. The maximum Gasteiger partial charge on any atom is 0.141 e. The van der Waals surface area contributed by atoms with Crippen LogP contribution in [0.25, 0.3) is 16.6 Å². The second kappa shape index (κ2) is 8.50. The van der Waals surface area contributed by atoms with Gasteiger partial charge in [0.2, 0.25) is 0 Å². The van der Waals surface area contributed by atoms with Gasteiger partial charge in [-0.1, -0.05) is 36.4 Å². The van der Waals surface area contributed by atoms with Crippen molar-refractivity contribution in [1.29, 1.82) is 0 Å². The highest BCUT2D eigenvalue weighted by Gasteiger charge is 2.06. The van der Waals surface area contributed by atoms with Gasteiger partial charge in [0.15, 0.2) is 0 Å². The van der Waals surface area contributed by atoms with Crippen LogP contribution < -0.4 is 5.32 Å². The predicted molar refractivity (Wildman–Crippen MR) is 117 cm³/mol. The Morgan fingerprint density at radius 2 is 2.00 bits per heavy atom. The van der Waals surface area contributed by atoms with Crippen molar-refractivity contribution >= 4 is 28.2 Å². The lowest BCUT2D eigenvalue weighted by molar-refractivity contribution is 0.619. The number of hydrogen-bond donors (Lipinski definition) is 2. The average molecular weight is 406 g/mol. The summed E-state index contributed by atoms with van der Waals surface area (Å²) in [5.41, 5.74) is 6.12. The van der Waals surface area contributed by atoms with E-state index in [9.17, 15) is 4.39 Å². The molecular weight excluding hydrogens is 385 g/mol. The molecule has 0 aliphatic rings. The van der Waals surface area contributed by atoms with Crippen LogP contribution in [-0.2, 0) is 12.8 Å². The third kappa shape index (κ3) is 4.66. The van der Waals surface area contributed by atoms with Gasteiger partial charge in [0.25, 0.3) is 0 Å². The first-order chi connectivity index (χ1) is 14.1. The molecule has 0 saturated heterocycles. The monoisotopic (exact) mass is 405 g/mol. The summed E-state index contributed by atoms with van der Waals surface area (Å²) in [6, 6.07) is 15.5. The molecule has 0 radical (unpaired) electrons.